The van der Waals surface area contributed by atoms with E-state index in [-0.39, 0.29) is 6.61 Å². The second-order valence-corrected chi connectivity index (χ2v) is 5.11. The van der Waals surface area contributed by atoms with Crippen molar-refractivity contribution in [3.05, 3.63) is 70.8 Å². The molecule has 2 aromatic carbocycles. The summed E-state index contributed by atoms with van der Waals surface area (Å²) in [5.41, 5.74) is 3.14. The van der Waals surface area contributed by atoms with Gasteiger partial charge in [-0.15, -0.1) is 0 Å². The van der Waals surface area contributed by atoms with E-state index in [9.17, 15) is 9.90 Å². The number of rotatable bonds is 2. The highest BCUT2D eigenvalue weighted by Gasteiger charge is 2.12. The van der Waals surface area contributed by atoms with E-state index >= 15 is 0 Å². The van der Waals surface area contributed by atoms with Crippen LogP contribution in [0.5, 0.6) is 0 Å². The normalized spacial score (nSPS) is 11.3. The molecule has 0 fully saturated rings. The number of benzene rings is 2. The van der Waals surface area contributed by atoms with Gasteiger partial charge in [-0.3, -0.25) is 0 Å². The molecule has 0 saturated carbocycles. The molecule has 0 atom stereocenters. The fourth-order valence-electron chi connectivity index (χ4n) is 2.72. The van der Waals surface area contributed by atoms with E-state index in [0.717, 1.165) is 16.5 Å². The lowest BCUT2D eigenvalue weighted by atomic mass is 10.0. The molecule has 0 aliphatic heterocycles. The van der Waals surface area contributed by atoms with Gasteiger partial charge in [-0.2, -0.15) is 0 Å². The van der Waals surface area contributed by atoms with E-state index in [1.807, 2.05) is 36.4 Å². The topological polar surface area (TPSA) is 63.6 Å². The lowest BCUT2D eigenvalue weighted by molar-refractivity contribution is 0.282. The van der Waals surface area contributed by atoms with Crippen LogP contribution in [0.25, 0.3) is 33.1 Å². The first-order valence-electron chi connectivity index (χ1n) is 6.90. The maximum atomic E-state index is 11.5. The van der Waals surface area contributed by atoms with Gasteiger partial charge in [0.25, 0.3) is 0 Å². The van der Waals surface area contributed by atoms with Crippen LogP contribution in [0.3, 0.4) is 0 Å². The van der Waals surface area contributed by atoms with Gasteiger partial charge in [0, 0.05) is 28.5 Å². The summed E-state index contributed by atoms with van der Waals surface area (Å²) in [6.07, 6.45) is 1.69. The Kier molecular flexibility index (Phi) is 2.84. The molecule has 0 aliphatic carbocycles. The van der Waals surface area contributed by atoms with E-state index in [1.54, 1.807) is 12.3 Å². The smallest absolute Gasteiger partial charge is 0.336 e. The summed E-state index contributed by atoms with van der Waals surface area (Å²) in [4.78, 5) is 11.5. The molecular formula is C18H12O4. The van der Waals surface area contributed by atoms with Crippen LogP contribution in [0.4, 0.5) is 0 Å². The second kappa shape index (κ2) is 4.86. The molecule has 0 saturated heterocycles. The van der Waals surface area contributed by atoms with Crippen molar-refractivity contribution in [3.8, 4) is 11.1 Å². The zero-order valence-corrected chi connectivity index (χ0v) is 11.6. The molecular weight excluding hydrogens is 280 g/mol. The van der Waals surface area contributed by atoms with Crippen LogP contribution in [0.1, 0.15) is 5.56 Å². The van der Waals surface area contributed by atoms with Crippen molar-refractivity contribution < 1.29 is 13.9 Å². The van der Waals surface area contributed by atoms with Gasteiger partial charge in [-0.25, -0.2) is 4.79 Å². The van der Waals surface area contributed by atoms with Gasteiger partial charge in [0.05, 0.1) is 12.9 Å². The van der Waals surface area contributed by atoms with Crippen LogP contribution in [0.15, 0.2) is 68.4 Å². The summed E-state index contributed by atoms with van der Waals surface area (Å²) in [7, 11) is 0. The first kappa shape index (κ1) is 12.9. The van der Waals surface area contributed by atoms with Crippen molar-refractivity contribution >= 4 is 21.9 Å². The number of fused-ring (bicyclic) bond motifs is 2. The van der Waals surface area contributed by atoms with Crippen LogP contribution in [-0.4, -0.2) is 5.11 Å². The number of hydrogen-bond donors (Lipinski definition) is 1. The molecule has 0 unspecified atom stereocenters. The zero-order valence-electron chi connectivity index (χ0n) is 11.6. The standard InChI is InChI=1S/C18H12O4/c19-9-12-6-18(20)22-17-8-16-14(7-13(12)17)15(10-21-16)11-4-2-1-3-5-11/h1-8,10,19H,9H2. The Bertz CT molecular complexity index is 1030. The summed E-state index contributed by atoms with van der Waals surface area (Å²) in [6.45, 7) is -0.216. The van der Waals surface area contributed by atoms with E-state index < -0.39 is 5.63 Å². The van der Waals surface area contributed by atoms with Gasteiger partial charge < -0.3 is 13.9 Å². The summed E-state index contributed by atoms with van der Waals surface area (Å²) < 4.78 is 10.8. The largest absolute Gasteiger partial charge is 0.464 e. The third-order valence-corrected chi connectivity index (χ3v) is 3.78. The Morgan fingerprint density at radius 3 is 2.55 bits per heavy atom. The van der Waals surface area contributed by atoms with Crippen LogP contribution in [0.2, 0.25) is 0 Å². The van der Waals surface area contributed by atoms with Gasteiger partial charge in [0.1, 0.15) is 11.2 Å². The quantitative estimate of drug-likeness (QED) is 0.572. The minimum Gasteiger partial charge on any atom is -0.464 e. The Labute approximate surface area is 125 Å². The first-order chi connectivity index (χ1) is 10.8. The van der Waals surface area contributed by atoms with Crippen molar-refractivity contribution in [2.75, 3.05) is 0 Å². The molecule has 4 aromatic rings. The summed E-state index contributed by atoms with van der Waals surface area (Å²) in [6, 6.07) is 14.8. The molecule has 2 heterocycles. The number of furan rings is 1. The van der Waals surface area contributed by atoms with Gasteiger partial charge in [0.15, 0.2) is 0 Å². The van der Waals surface area contributed by atoms with Crippen molar-refractivity contribution in [1.29, 1.82) is 0 Å². The highest BCUT2D eigenvalue weighted by atomic mass is 16.4. The average Bonchev–Trinajstić information content (AvgIpc) is 2.95. The van der Waals surface area contributed by atoms with Crippen LogP contribution in [-0.2, 0) is 6.61 Å². The van der Waals surface area contributed by atoms with Crippen molar-refractivity contribution in [2.45, 2.75) is 6.61 Å². The van der Waals surface area contributed by atoms with Gasteiger partial charge in [0.2, 0.25) is 0 Å². The highest BCUT2D eigenvalue weighted by molar-refractivity contribution is 6.02. The molecule has 0 spiro atoms. The lowest BCUT2D eigenvalue weighted by Crippen LogP contribution is -2.00. The fourth-order valence-corrected chi connectivity index (χ4v) is 2.72. The zero-order chi connectivity index (χ0) is 15.1. The van der Waals surface area contributed by atoms with Crippen LogP contribution in [0, 0.1) is 0 Å². The minimum atomic E-state index is -0.481. The Hall–Kier alpha value is -2.85. The van der Waals surface area contributed by atoms with E-state index in [4.69, 9.17) is 8.83 Å². The fraction of sp³-hybridized carbons (Fsp3) is 0.0556. The molecule has 0 radical (unpaired) electrons. The maximum Gasteiger partial charge on any atom is 0.336 e. The molecule has 4 rings (SSSR count). The summed E-state index contributed by atoms with van der Waals surface area (Å²) >= 11 is 0. The Morgan fingerprint density at radius 1 is 0.955 bits per heavy atom. The molecule has 22 heavy (non-hydrogen) atoms. The van der Waals surface area contributed by atoms with Gasteiger partial charge in [-0.1, -0.05) is 30.3 Å². The van der Waals surface area contributed by atoms with Gasteiger partial charge in [-0.05, 0) is 17.2 Å². The van der Waals surface area contributed by atoms with Crippen molar-refractivity contribution in [2.24, 2.45) is 0 Å². The van der Waals surface area contributed by atoms with Crippen LogP contribution < -0.4 is 5.63 Å². The molecule has 0 aliphatic rings. The predicted octanol–water partition coefficient (Wildman–Crippen LogP) is 3.70. The van der Waals surface area contributed by atoms with E-state index in [1.165, 1.54) is 6.07 Å². The SMILES string of the molecule is O=c1cc(CO)c2cc3c(-c4ccccc4)coc3cc2o1. The summed E-state index contributed by atoms with van der Waals surface area (Å²) in [5, 5.41) is 11.1. The average molecular weight is 292 g/mol. The third kappa shape index (κ3) is 1.93. The van der Waals surface area contributed by atoms with E-state index in [2.05, 4.69) is 0 Å². The summed E-state index contributed by atoms with van der Waals surface area (Å²) in [5.74, 6) is 0. The third-order valence-electron chi connectivity index (χ3n) is 3.78. The Morgan fingerprint density at radius 2 is 1.77 bits per heavy atom. The molecule has 4 heteroatoms. The number of aliphatic hydroxyl groups is 1. The minimum absolute atomic E-state index is 0.216. The van der Waals surface area contributed by atoms with Gasteiger partial charge >= 0.3 is 5.63 Å². The molecule has 4 nitrogen and oxygen atoms in total. The maximum absolute atomic E-state index is 11.5. The lowest BCUT2D eigenvalue weighted by Gasteiger charge is -2.03. The number of aliphatic hydroxyl groups excluding tert-OH is 1. The molecule has 1 N–H and O–H groups in total. The number of hydrogen-bond acceptors (Lipinski definition) is 4. The molecule has 108 valence electrons. The molecule has 2 aromatic heterocycles. The van der Waals surface area contributed by atoms with Crippen molar-refractivity contribution in [1.82, 2.24) is 0 Å². The monoisotopic (exact) mass is 292 g/mol. The molecule has 0 bridgehead atoms. The first-order valence-corrected chi connectivity index (χ1v) is 6.90. The molecule has 0 amide bonds. The Balaban J connectivity index is 2.07. The van der Waals surface area contributed by atoms with E-state index in [0.29, 0.717) is 22.1 Å². The highest BCUT2D eigenvalue weighted by Crippen LogP contribution is 2.33. The second-order valence-electron chi connectivity index (χ2n) is 5.11. The van der Waals surface area contributed by atoms with Crippen LogP contribution >= 0.6 is 0 Å². The van der Waals surface area contributed by atoms with Crippen molar-refractivity contribution in [3.63, 3.8) is 0 Å². The predicted molar refractivity (Wildman–Crippen MR) is 83.6 cm³/mol.